The maximum atomic E-state index is 12.5. The topological polar surface area (TPSA) is 279 Å². The highest BCUT2D eigenvalue weighted by atomic mass is 127. The Bertz CT molecular complexity index is 2640. The highest BCUT2D eigenvalue weighted by Gasteiger charge is 2.44. The summed E-state index contributed by atoms with van der Waals surface area (Å²) in [5.41, 5.74) is 3.00. The van der Waals surface area contributed by atoms with Crippen molar-refractivity contribution in [3.05, 3.63) is 77.5 Å². The molecular formula is C46H62IN3O18S3. The van der Waals surface area contributed by atoms with Crippen LogP contribution in [0.2, 0.25) is 0 Å². The molecule has 1 unspecified atom stereocenters. The van der Waals surface area contributed by atoms with Crippen molar-refractivity contribution in [2.75, 3.05) is 94.3 Å². The lowest BCUT2D eigenvalue weighted by atomic mass is 9.77. The molecule has 71 heavy (non-hydrogen) atoms. The molecular weight excluding hydrogens is 1110 g/mol. The Hall–Kier alpha value is -4.16. The molecule has 0 saturated carbocycles. The first-order valence-electron chi connectivity index (χ1n) is 22.9. The van der Waals surface area contributed by atoms with Crippen molar-refractivity contribution in [3.8, 4) is 5.75 Å². The van der Waals surface area contributed by atoms with Gasteiger partial charge in [0, 0.05) is 84.1 Å². The minimum absolute atomic E-state index is 0.0000345. The molecule has 21 nitrogen and oxygen atoms in total. The Kier molecular flexibility index (Phi) is 22.1. The summed E-state index contributed by atoms with van der Waals surface area (Å²) in [6.07, 6.45) is 9.02. The van der Waals surface area contributed by atoms with Crippen molar-refractivity contribution in [2.24, 2.45) is 0 Å². The Balaban J connectivity index is 1.37. The fourth-order valence-electron chi connectivity index (χ4n) is 8.15. The highest BCUT2D eigenvalue weighted by molar-refractivity contribution is 14.2. The molecule has 2 aromatic rings. The lowest BCUT2D eigenvalue weighted by Crippen LogP contribution is -2.32. The number of rotatable bonds is 31. The average Bonchev–Trinajstić information content (AvgIpc) is 3.62. The normalized spacial score (nSPS) is 17.8. The van der Waals surface area contributed by atoms with Crippen LogP contribution in [-0.2, 0) is 73.9 Å². The van der Waals surface area contributed by atoms with Crippen molar-refractivity contribution in [2.45, 2.75) is 75.0 Å². The van der Waals surface area contributed by atoms with Crippen molar-refractivity contribution in [1.29, 1.82) is 0 Å². The number of nitrogens with zero attached hydrogens (tertiary/aromatic N) is 3. The number of hydrogen-bond donors (Lipinski definition) is 3. The number of halogens is 1. The lowest BCUT2D eigenvalue weighted by Gasteiger charge is -2.30. The molecule has 3 aliphatic rings. The summed E-state index contributed by atoms with van der Waals surface area (Å²) in [6.45, 7) is 5.65. The molecule has 0 aliphatic carbocycles. The van der Waals surface area contributed by atoms with Crippen LogP contribution in [0, 0.1) is 0 Å². The summed E-state index contributed by atoms with van der Waals surface area (Å²) in [7, 11) is -11.6. The second-order valence-electron chi connectivity index (χ2n) is 16.8. The number of ether oxygens (including phenoxy) is 4. The number of anilines is 2. The van der Waals surface area contributed by atoms with Crippen LogP contribution in [0.3, 0.4) is 0 Å². The van der Waals surface area contributed by atoms with Gasteiger partial charge in [-0.05, 0) is 92.6 Å². The first-order valence-corrected chi connectivity index (χ1v) is 29.7. The van der Waals surface area contributed by atoms with E-state index in [0.717, 1.165) is 16.8 Å². The number of carbonyl (C=O) groups excluding carboxylic acids is 3. The van der Waals surface area contributed by atoms with Crippen LogP contribution in [-0.4, -0.2) is 150 Å². The number of hydroxylamine groups is 2. The lowest BCUT2D eigenvalue weighted by molar-refractivity contribution is -0.197. The molecule has 1 saturated heterocycles. The zero-order chi connectivity index (χ0) is 51.7. The predicted octanol–water partition coefficient (Wildman–Crippen LogP) is 5.23. The number of amides is 2. The van der Waals surface area contributed by atoms with E-state index in [1.807, 2.05) is 63.2 Å². The maximum Gasteiger partial charge on any atom is 0.333 e. The average molecular weight is 1170 g/mol. The number of imide groups is 1. The van der Waals surface area contributed by atoms with Gasteiger partial charge in [0.25, 0.3) is 42.2 Å². The van der Waals surface area contributed by atoms with Gasteiger partial charge in [-0.15, -0.1) is 5.06 Å². The number of fused-ring (bicyclic) bond motifs is 2. The van der Waals surface area contributed by atoms with Gasteiger partial charge < -0.3 is 36.7 Å². The minimum atomic E-state index is -4.65. The van der Waals surface area contributed by atoms with E-state index in [1.54, 1.807) is 13.2 Å². The van der Waals surface area contributed by atoms with Crippen LogP contribution in [0.1, 0.15) is 75.8 Å². The number of unbranched alkanes of at least 4 members (excludes halogenated alkanes) is 2. The van der Waals surface area contributed by atoms with Gasteiger partial charge in [-0.1, -0.05) is 18.6 Å². The summed E-state index contributed by atoms with van der Waals surface area (Å²) in [5.74, 6) is -2.27. The zero-order valence-corrected chi connectivity index (χ0v) is 44.2. The van der Waals surface area contributed by atoms with Gasteiger partial charge in [0.05, 0.1) is 62.6 Å². The van der Waals surface area contributed by atoms with Crippen LogP contribution < -0.4 is 12.9 Å². The van der Waals surface area contributed by atoms with Crippen LogP contribution in [0.5, 0.6) is 5.75 Å². The van der Waals surface area contributed by atoms with Crippen molar-refractivity contribution < 1.29 is 80.1 Å². The number of allylic oxidation sites excluding steroid dienone is 6. The zero-order valence-electron chi connectivity index (χ0n) is 39.6. The molecule has 2 aromatic carbocycles. The highest BCUT2D eigenvalue weighted by Crippen LogP contribution is 2.51. The SMILES string of the molecule is COCCOCCOCCOCCN(CCCS(=O)(=O)O)c1ccc2c(c1)OI=CC=C2/C=C/C=C1/N(CCCCCC(=O)ON2C(=O)CCC2=O)c2ccc(S(=O)(=O)O)cc2C1(C)CCCS(=O)(=O)O. The standard InChI is InChI=1S/C46H62IN3O18S3/c1-46(19-7-31-69(54,55)56)39-34-37(71(60,61)62)13-15-40(39)49(22-5-3-4-11-45(53)68-50-43(51)16-17-44(50)52)42(46)10-6-9-35-18-20-47-67-41-33-36(12-14-38(35)41)48(21-8-32-70(57,58)59)23-24-64-27-28-66-30-29-65-26-25-63-2/h6,9-10,12-15,18,20,33-34H,3-5,7-8,11,16-17,19,21-32H2,1-2H3,(H,54,55,56)(H,57,58,59)(H,60,61,62)/b9-6+,42-10+. The molecule has 0 bridgehead atoms. The van der Waals surface area contributed by atoms with Crippen LogP contribution >= 0.6 is 21.1 Å². The van der Waals surface area contributed by atoms with Crippen molar-refractivity contribution >= 4 is 90.2 Å². The molecule has 0 radical (unpaired) electrons. The van der Waals surface area contributed by atoms with Crippen LogP contribution in [0.15, 0.2) is 71.3 Å². The largest absolute Gasteiger partial charge is 0.435 e. The molecule has 394 valence electrons. The van der Waals surface area contributed by atoms with Crippen LogP contribution in [0.25, 0.3) is 5.57 Å². The van der Waals surface area contributed by atoms with E-state index in [-0.39, 0.29) is 50.0 Å². The quantitative estimate of drug-likeness (QED) is 0.0377. The van der Waals surface area contributed by atoms with E-state index in [9.17, 15) is 53.3 Å². The summed E-state index contributed by atoms with van der Waals surface area (Å²) < 4.78 is 131. The van der Waals surface area contributed by atoms with Gasteiger partial charge in [0.2, 0.25) is 0 Å². The van der Waals surface area contributed by atoms with Crippen LogP contribution in [0.4, 0.5) is 11.4 Å². The second-order valence-corrected chi connectivity index (χ2v) is 23.1. The van der Waals surface area contributed by atoms with E-state index < -0.39 is 86.2 Å². The molecule has 5 rings (SSSR count). The van der Waals surface area contributed by atoms with Gasteiger partial charge in [0.1, 0.15) is 26.9 Å². The minimum Gasteiger partial charge on any atom is -0.435 e. The molecule has 2 amide bonds. The molecule has 3 aliphatic heterocycles. The predicted molar refractivity (Wildman–Crippen MR) is 272 cm³/mol. The van der Waals surface area contributed by atoms with Gasteiger partial charge >= 0.3 is 5.97 Å². The van der Waals surface area contributed by atoms with Gasteiger partial charge in [-0.2, -0.15) is 25.3 Å². The smallest absolute Gasteiger partial charge is 0.333 e. The van der Waals surface area contributed by atoms with Gasteiger partial charge in [-0.25, -0.2) is 4.79 Å². The summed E-state index contributed by atoms with van der Waals surface area (Å²) in [4.78, 5) is 44.9. The van der Waals surface area contributed by atoms with Crippen molar-refractivity contribution in [1.82, 2.24) is 5.06 Å². The van der Waals surface area contributed by atoms with Gasteiger partial charge in [0.15, 0.2) is 0 Å². The van der Waals surface area contributed by atoms with E-state index in [2.05, 4.69) is 0 Å². The summed E-state index contributed by atoms with van der Waals surface area (Å²) in [6, 6.07) is 9.85. The maximum absolute atomic E-state index is 12.5. The van der Waals surface area contributed by atoms with E-state index in [4.69, 9.17) is 26.9 Å². The third kappa shape index (κ3) is 18.1. The Labute approximate surface area is 425 Å². The number of benzene rings is 2. The number of methoxy groups -OCH3 is 1. The first-order chi connectivity index (χ1) is 33.7. The Morgan fingerprint density at radius 1 is 0.817 bits per heavy atom. The molecule has 1 atom stereocenters. The molecule has 0 aromatic heterocycles. The Morgan fingerprint density at radius 2 is 1.48 bits per heavy atom. The molecule has 0 spiro atoms. The fraction of sp³-hybridized carbons (Fsp3) is 0.522. The monoisotopic (exact) mass is 1170 g/mol. The summed E-state index contributed by atoms with van der Waals surface area (Å²) in [5, 5.41) is 0.502. The van der Waals surface area contributed by atoms with Gasteiger partial charge in [-0.3, -0.25) is 23.2 Å². The van der Waals surface area contributed by atoms with E-state index >= 15 is 0 Å². The van der Waals surface area contributed by atoms with E-state index in [1.165, 1.54) is 12.1 Å². The second kappa shape index (κ2) is 27.2. The molecule has 1 fully saturated rings. The third-order valence-corrected chi connectivity index (χ3v) is 15.5. The first kappa shape index (κ1) is 57.7. The molecule has 3 heterocycles. The fourth-order valence-corrected chi connectivity index (χ4v) is 11.0. The van der Waals surface area contributed by atoms with E-state index in [0.29, 0.717) is 106 Å². The number of carbonyl (C=O) groups is 3. The molecule has 3 N–H and O–H groups in total. The van der Waals surface area contributed by atoms with Crippen molar-refractivity contribution in [3.63, 3.8) is 0 Å². The molecule has 25 heteroatoms. The third-order valence-electron chi connectivity index (χ3n) is 11.7. The Morgan fingerprint density at radius 3 is 2.14 bits per heavy atom. The number of hydrogen-bond acceptors (Lipinski definition) is 17. The summed E-state index contributed by atoms with van der Waals surface area (Å²) >= 11 is -0.893.